The zero-order valence-corrected chi connectivity index (χ0v) is 22.3. The molecule has 0 aliphatic heterocycles. The van der Waals surface area contributed by atoms with Crippen molar-refractivity contribution in [2.75, 3.05) is 25.0 Å². The molecule has 3 rings (SSSR count). The van der Waals surface area contributed by atoms with Crippen LogP contribution in [0.4, 0.5) is 5.13 Å². The summed E-state index contributed by atoms with van der Waals surface area (Å²) in [6.45, 7) is 4.58. The molecule has 11 heteroatoms. The van der Waals surface area contributed by atoms with Gasteiger partial charge in [0.05, 0.1) is 22.7 Å². The molecule has 0 atom stereocenters. The first-order chi connectivity index (χ1) is 17.2. The van der Waals surface area contributed by atoms with Crippen LogP contribution in [0.5, 0.6) is 0 Å². The molecule has 0 saturated heterocycles. The molecule has 2 aromatic heterocycles. The third kappa shape index (κ3) is 8.58. The van der Waals surface area contributed by atoms with Crippen LogP contribution in [0.15, 0.2) is 48.0 Å². The Balaban J connectivity index is 1.53. The van der Waals surface area contributed by atoms with Crippen LogP contribution in [0.1, 0.15) is 35.6 Å². The van der Waals surface area contributed by atoms with Gasteiger partial charge in [0.2, 0.25) is 11.8 Å². The number of halogens is 2. The summed E-state index contributed by atoms with van der Waals surface area (Å²) in [6.07, 6.45) is 2.45. The van der Waals surface area contributed by atoms with Crippen LogP contribution in [-0.4, -0.2) is 52.2 Å². The molecular weight excluding hydrogens is 521 g/mol. The summed E-state index contributed by atoms with van der Waals surface area (Å²) >= 11 is 13.4. The fourth-order valence-corrected chi connectivity index (χ4v) is 4.59. The second kappa shape index (κ2) is 13.3. The van der Waals surface area contributed by atoms with Gasteiger partial charge < -0.3 is 15.5 Å². The Kier molecular flexibility index (Phi) is 10.2. The predicted molar refractivity (Wildman–Crippen MR) is 143 cm³/mol. The molecule has 0 bridgehead atoms. The molecule has 3 aromatic rings. The molecular formula is C25H27Cl2N5O3S. The number of pyridine rings is 1. The molecule has 3 amide bonds. The van der Waals surface area contributed by atoms with E-state index in [1.54, 1.807) is 23.7 Å². The maximum Gasteiger partial charge on any atom is 0.255 e. The highest BCUT2D eigenvalue weighted by Crippen LogP contribution is 2.23. The Morgan fingerprint density at radius 2 is 1.89 bits per heavy atom. The summed E-state index contributed by atoms with van der Waals surface area (Å²) in [5, 5.41) is 8.29. The van der Waals surface area contributed by atoms with E-state index in [0.29, 0.717) is 35.4 Å². The second-order valence-electron chi connectivity index (χ2n) is 8.49. The molecule has 0 aliphatic carbocycles. The number of thiazole rings is 1. The minimum absolute atomic E-state index is 0.0988. The summed E-state index contributed by atoms with van der Waals surface area (Å²) in [5.74, 6) is -0.782. The van der Waals surface area contributed by atoms with Crippen molar-refractivity contribution in [3.63, 3.8) is 0 Å². The first kappa shape index (κ1) is 27.6. The van der Waals surface area contributed by atoms with Gasteiger partial charge in [-0.05, 0) is 36.2 Å². The van der Waals surface area contributed by atoms with Gasteiger partial charge in [-0.2, -0.15) is 0 Å². The molecule has 190 valence electrons. The number of carbonyl (C=O) groups is 3. The van der Waals surface area contributed by atoms with Crippen molar-refractivity contribution < 1.29 is 14.4 Å². The van der Waals surface area contributed by atoms with E-state index in [4.69, 9.17) is 23.2 Å². The summed E-state index contributed by atoms with van der Waals surface area (Å²) in [7, 11) is 0. The van der Waals surface area contributed by atoms with E-state index in [2.05, 4.69) is 20.6 Å². The van der Waals surface area contributed by atoms with Crippen LogP contribution in [-0.2, 0) is 22.4 Å². The van der Waals surface area contributed by atoms with Gasteiger partial charge in [-0.15, -0.1) is 11.3 Å². The lowest BCUT2D eigenvalue weighted by Crippen LogP contribution is -2.40. The standard InChI is InChI=1S/C25H27Cl2N5O3S/c1-16(2)13-32(24(35)20-7-6-17(26)11-21(20)27)14-23(34)31-25-30-19(15-36-25)12-22(33)29-10-8-18-5-3-4-9-28-18/h3-7,9,11,15-16H,8,10,12-14H2,1-2H3,(H,29,33)(H,30,31,34). The van der Waals surface area contributed by atoms with E-state index in [0.717, 1.165) is 5.69 Å². The zero-order chi connectivity index (χ0) is 26.1. The molecule has 0 fully saturated rings. The zero-order valence-electron chi connectivity index (χ0n) is 20.0. The Morgan fingerprint density at radius 3 is 2.58 bits per heavy atom. The van der Waals surface area contributed by atoms with Gasteiger partial charge in [0, 0.05) is 41.8 Å². The van der Waals surface area contributed by atoms with E-state index in [-0.39, 0.29) is 41.3 Å². The van der Waals surface area contributed by atoms with Crippen LogP contribution in [0, 0.1) is 5.92 Å². The van der Waals surface area contributed by atoms with Gasteiger partial charge in [0.15, 0.2) is 5.13 Å². The van der Waals surface area contributed by atoms with Crippen LogP contribution in [0.3, 0.4) is 0 Å². The normalized spacial score (nSPS) is 10.8. The quantitative estimate of drug-likeness (QED) is 0.368. The van der Waals surface area contributed by atoms with Crippen LogP contribution in [0.25, 0.3) is 0 Å². The van der Waals surface area contributed by atoms with Gasteiger partial charge in [-0.1, -0.05) is 43.1 Å². The maximum absolute atomic E-state index is 13.1. The van der Waals surface area contributed by atoms with Crippen molar-refractivity contribution in [1.29, 1.82) is 0 Å². The molecule has 0 spiro atoms. The van der Waals surface area contributed by atoms with Gasteiger partial charge in [-0.25, -0.2) is 4.98 Å². The van der Waals surface area contributed by atoms with Crippen molar-refractivity contribution >= 4 is 57.4 Å². The largest absolute Gasteiger partial charge is 0.355 e. The smallest absolute Gasteiger partial charge is 0.255 e. The number of benzene rings is 1. The number of nitrogens with zero attached hydrogens (tertiary/aromatic N) is 3. The van der Waals surface area contributed by atoms with E-state index in [1.807, 2.05) is 32.0 Å². The van der Waals surface area contributed by atoms with Gasteiger partial charge in [0.25, 0.3) is 5.91 Å². The molecule has 2 heterocycles. The summed E-state index contributed by atoms with van der Waals surface area (Å²) in [5.41, 5.74) is 1.73. The monoisotopic (exact) mass is 547 g/mol. The van der Waals surface area contributed by atoms with Gasteiger partial charge in [0.1, 0.15) is 6.54 Å². The molecule has 2 N–H and O–H groups in total. The van der Waals surface area contributed by atoms with Crippen molar-refractivity contribution in [2.24, 2.45) is 5.92 Å². The van der Waals surface area contributed by atoms with E-state index in [9.17, 15) is 14.4 Å². The summed E-state index contributed by atoms with van der Waals surface area (Å²) in [6, 6.07) is 10.3. The SMILES string of the molecule is CC(C)CN(CC(=O)Nc1nc(CC(=O)NCCc2ccccn2)cs1)C(=O)c1ccc(Cl)cc1Cl. The minimum Gasteiger partial charge on any atom is -0.355 e. The number of amides is 3. The van der Waals surface area contributed by atoms with E-state index < -0.39 is 5.91 Å². The Bertz CT molecular complexity index is 1200. The number of rotatable bonds is 11. The average Bonchev–Trinajstić information content (AvgIpc) is 3.25. The second-order valence-corrected chi connectivity index (χ2v) is 10.2. The van der Waals surface area contributed by atoms with Crippen molar-refractivity contribution in [2.45, 2.75) is 26.7 Å². The highest BCUT2D eigenvalue weighted by atomic mass is 35.5. The van der Waals surface area contributed by atoms with Crippen molar-refractivity contribution in [3.8, 4) is 0 Å². The molecule has 0 saturated carbocycles. The highest BCUT2D eigenvalue weighted by Gasteiger charge is 2.22. The highest BCUT2D eigenvalue weighted by molar-refractivity contribution is 7.13. The van der Waals surface area contributed by atoms with Crippen LogP contribution >= 0.6 is 34.5 Å². The number of anilines is 1. The van der Waals surface area contributed by atoms with Crippen LogP contribution < -0.4 is 10.6 Å². The molecule has 0 aliphatic rings. The third-order valence-electron chi connectivity index (χ3n) is 4.94. The Labute approximate surface area is 224 Å². The van der Waals surface area contributed by atoms with E-state index in [1.165, 1.54) is 22.3 Å². The van der Waals surface area contributed by atoms with Crippen molar-refractivity contribution in [3.05, 3.63) is 75.0 Å². The van der Waals surface area contributed by atoms with E-state index >= 15 is 0 Å². The van der Waals surface area contributed by atoms with Gasteiger partial charge in [-0.3, -0.25) is 19.4 Å². The molecule has 8 nitrogen and oxygen atoms in total. The first-order valence-corrected chi connectivity index (χ1v) is 13.0. The van der Waals surface area contributed by atoms with Crippen LogP contribution in [0.2, 0.25) is 10.0 Å². The lowest BCUT2D eigenvalue weighted by molar-refractivity contribution is -0.120. The lowest BCUT2D eigenvalue weighted by Gasteiger charge is -2.24. The average molecular weight is 548 g/mol. The van der Waals surface area contributed by atoms with Crippen molar-refractivity contribution in [1.82, 2.24) is 20.2 Å². The third-order valence-corrected chi connectivity index (χ3v) is 6.29. The number of hydrogen-bond donors (Lipinski definition) is 2. The Morgan fingerprint density at radius 1 is 1.08 bits per heavy atom. The summed E-state index contributed by atoms with van der Waals surface area (Å²) in [4.78, 5) is 48.0. The predicted octanol–water partition coefficient (Wildman–Crippen LogP) is 4.48. The maximum atomic E-state index is 13.1. The molecule has 0 radical (unpaired) electrons. The summed E-state index contributed by atoms with van der Waals surface area (Å²) < 4.78 is 0. The number of aromatic nitrogens is 2. The number of nitrogens with one attached hydrogen (secondary N) is 2. The number of hydrogen-bond acceptors (Lipinski definition) is 6. The molecule has 36 heavy (non-hydrogen) atoms. The molecule has 0 unspecified atom stereocenters. The fraction of sp³-hybridized carbons (Fsp3) is 0.320. The first-order valence-electron chi connectivity index (χ1n) is 11.4. The topological polar surface area (TPSA) is 104 Å². The fourth-order valence-electron chi connectivity index (χ4n) is 3.37. The Hall–Kier alpha value is -3.01. The number of carbonyl (C=O) groups excluding carboxylic acids is 3. The lowest BCUT2D eigenvalue weighted by atomic mass is 10.1. The minimum atomic E-state index is -0.394. The molecule has 1 aromatic carbocycles. The van der Waals surface area contributed by atoms with Gasteiger partial charge >= 0.3 is 0 Å².